The first-order valence-electron chi connectivity index (χ1n) is 7.26. The summed E-state index contributed by atoms with van der Waals surface area (Å²) in [5.74, 6) is 0.442. The Bertz CT molecular complexity index is 629. The van der Waals surface area contributed by atoms with Crippen molar-refractivity contribution < 1.29 is 13.2 Å². The highest BCUT2D eigenvalue weighted by Crippen LogP contribution is 2.26. The SMILES string of the molecule is CCCOc1ccc(S(=O)(=O)N2CCCCC2)cc1C#N. The minimum atomic E-state index is -3.51. The number of sulfonamides is 1. The normalized spacial score (nSPS) is 16.4. The van der Waals surface area contributed by atoms with Crippen molar-refractivity contribution in [1.82, 2.24) is 4.31 Å². The zero-order valence-electron chi connectivity index (χ0n) is 12.2. The van der Waals surface area contributed by atoms with Crippen LogP contribution in [0.15, 0.2) is 23.1 Å². The largest absolute Gasteiger partial charge is 0.492 e. The van der Waals surface area contributed by atoms with Crippen LogP contribution < -0.4 is 4.74 Å². The number of rotatable bonds is 5. The van der Waals surface area contributed by atoms with Gasteiger partial charge in [-0.2, -0.15) is 9.57 Å². The van der Waals surface area contributed by atoms with Crippen LogP contribution in [0, 0.1) is 11.3 Å². The maximum Gasteiger partial charge on any atom is 0.243 e. The predicted molar refractivity (Wildman–Crippen MR) is 79.6 cm³/mol. The highest BCUT2D eigenvalue weighted by Gasteiger charge is 2.26. The van der Waals surface area contributed by atoms with Gasteiger partial charge in [0.1, 0.15) is 11.8 Å². The Morgan fingerprint density at radius 3 is 2.62 bits per heavy atom. The van der Waals surface area contributed by atoms with E-state index in [0.717, 1.165) is 25.7 Å². The van der Waals surface area contributed by atoms with Gasteiger partial charge in [0.05, 0.1) is 17.1 Å². The second-order valence-corrected chi connectivity index (χ2v) is 7.02. The number of hydrogen-bond acceptors (Lipinski definition) is 4. The van der Waals surface area contributed by atoms with Gasteiger partial charge in [-0.05, 0) is 37.5 Å². The van der Waals surface area contributed by atoms with Crippen LogP contribution in [0.5, 0.6) is 5.75 Å². The average molecular weight is 308 g/mol. The highest BCUT2D eigenvalue weighted by molar-refractivity contribution is 7.89. The summed E-state index contributed by atoms with van der Waals surface area (Å²) < 4.78 is 32.1. The molecular formula is C15H20N2O3S. The Labute approximate surface area is 126 Å². The molecule has 0 atom stereocenters. The number of ether oxygens (including phenoxy) is 1. The summed E-state index contributed by atoms with van der Waals surface area (Å²) in [5.41, 5.74) is 0.265. The third-order valence-electron chi connectivity index (χ3n) is 3.49. The standard InChI is InChI=1S/C15H20N2O3S/c1-2-10-20-15-7-6-14(11-13(15)12-16)21(18,19)17-8-4-3-5-9-17/h6-7,11H,2-5,8-10H2,1H3. The van der Waals surface area contributed by atoms with E-state index in [1.807, 2.05) is 13.0 Å². The van der Waals surface area contributed by atoms with E-state index in [1.54, 1.807) is 6.07 Å². The summed E-state index contributed by atoms with van der Waals surface area (Å²) >= 11 is 0. The van der Waals surface area contributed by atoms with Gasteiger partial charge in [0.2, 0.25) is 10.0 Å². The molecular weight excluding hydrogens is 288 g/mol. The third-order valence-corrected chi connectivity index (χ3v) is 5.38. The van der Waals surface area contributed by atoms with Crippen molar-refractivity contribution in [2.24, 2.45) is 0 Å². The molecule has 0 amide bonds. The lowest BCUT2D eigenvalue weighted by Crippen LogP contribution is -2.35. The lowest BCUT2D eigenvalue weighted by molar-refractivity contribution is 0.316. The molecule has 2 rings (SSSR count). The molecule has 0 unspecified atom stereocenters. The second kappa shape index (κ2) is 6.92. The summed E-state index contributed by atoms with van der Waals surface area (Å²) in [6.07, 6.45) is 3.68. The lowest BCUT2D eigenvalue weighted by Gasteiger charge is -2.26. The maximum atomic E-state index is 12.6. The van der Waals surface area contributed by atoms with Gasteiger partial charge < -0.3 is 4.74 Å². The zero-order valence-corrected chi connectivity index (χ0v) is 13.0. The summed E-state index contributed by atoms with van der Waals surface area (Å²) in [6, 6.07) is 6.52. The van der Waals surface area contributed by atoms with Crippen molar-refractivity contribution in [3.05, 3.63) is 23.8 Å². The summed E-state index contributed by atoms with van der Waals surface area (Å²) in [5, 5.41) is 9.18. The fraction of sp³-hybridized carbons (Fsp3) is 0.533. The van der Waals surface area contributed by atoms with E-state index in [1.165, 1.54) is 16.4 Å². The van der Waals surface area contributed by atoms with Crippen LogP contribution in [-0.4, -0.2) is 32.4 Å². The second-order valence-electron chi connectivity index (χ2n) is 5.08. The predicted octanol–water partition coefficient (Wildman–Crippen LogP) is 2.52. The quantitative estimate of drug-likeness (QED) is 0.838. The van der Waals surface area contributed by atoms with Gasteiger partial charge in [0.15, 0.2) is 0 Å². The van der Waals surface area contributed by atoms with Gasteiger partial charge in [-0.25, -0.2) is 8.42 Å². The molecule has 1 aromatic carbocycles. The number of benzene rings is 1. The summed E-state index contributed by atoms with van der Waals surface area (Å²) in [7, 11) is -3.51. The maximum absolute atomic E-state index is 12.6. The topological polar surface area (TPSA) is 70.4 Å². The van der Waals surface area contributed by atoms with Gasteiger partial charge in [-0.1, -0.05) is 13.3 Å². The minimum Gasteiger partial charge on any atom is -0.492 e. The van der Waals surface area contributed by atoms with E-state index >= 15 is 0 Å². The number of hydrogen-bond donors (Lipinski definition) is 0. The molecule has 5 nitrogen and oxygen atoms in total. The molecule has 1 fully saturated rings. The van der Waals surface area contributed by atoms with Gasteiger partial charge in [0.25, 0.3) is 0 Å². The molecule has 1 aliphatic heterocycles. The van der Waals surface area contributed by atoms with E-state index in [-0.39, 0.29) is 10.5 Å². The molecule has 0 saturated carbocycles. The molecule has 1 saturated heterocycles. The van der Waals surface area contributed by atoms with Crippen LogP contribution >= 0.6 is 0 Å². The molecule has 0 bridgehead atoms. The molecule has 1 aromatic rings. The minimum absolute atomic E-state index is 0.171. The third kappa shape index (κ3) is 3.55. The molecule has 0 spiro atoms. The van der Waals surface area contributed by atoms with E-state index in [0.29, 0.717) is 25.4 Å². The van der Waals surface area contributed by atoms with Gasteiger partial charge in [-0.15, -0.1) is 0 Å². The number of nitriles is 1. The first-order chi connectivity index (χ1) is 10.1. The molecule has 21 heavy (non-hydrogen) atoms. The zero-order chi connectivity index (χ0) is 15.3. The van der Waals surface area contributed by atoms with Gasteiger partial charge in [0, 0.05) is 13.1 Å². The molecule has 0 N–H and O–H groups in total. The van der Waals surface area contributed by atoms with Crippen molar-refractivity contribution in [2.75, 3.05) is 19.7 Å². The Kier molecular flexibility index (Phi) is 5.21. The molecule has 0 aromatic heterocycles. The molecule has 1 heterocycles. The molecule has 1 aliphatic rings. The first kappa shape index (κ1) is 15.8. The molecule has 114 valence electrons. The van der Waals surface area contributed by atoms with Crippen LogP contribution in [0.3, 0.4) is 0 Å². The van der Waals surface area contributed by atoms with E-state index in [2.05, 4.69) is 0 Å². The van der Waals surface area contributed by atoms with Gasteiger partial charge in [-0.3, -0.25) is 0 Å². The van der Waals surface area contributed by atoms with Crippen LogP contribution in [0.2, 0.25) is 0 Å². The molecule has 0 radical (unpaired) electrons. The van der Waals surface area contributed by atoms with Gasteiger partial charge >= 0.3 is 0 Å². The van der Waals surface area contributed by atoms with E-state index in [9.17, 15) is 13.7 Å². The van der Waals surface area contributed by atoms with Crippen LogP contribution in [-0.2, 0) is 10.0 Å². The number of piperidine rings is 1. The Hall–Kier alpha value is -1.58. The fourth-order valence-electron chi connectivity index (χ4n) is 2.35. The van der Waals surface area contributed by atoms with Crippen LogP contribution in [0.4, 0.5) is 0 Å². The van der Waals surface area contributed by atoms with Crippen molar-refractivity contribution in [3.63, 3.8) is 0 Å². The van der Waals surface area contributed by atoms with Crippen molar-refractivity contribution in [3.8, 4) is 11.8 Å². The fourth-order valence-corrected chi connectivity index (χ4v) is 3.89. The Morgan fingerprint density at radius 2 is 2.00 bits per heavy atom. The first-order valence-corrected chi connectivity index (χ1v) is 8.70. The lowest BCUT2D eigenvalue weighted by atomic mass is 10.2. The van der Waals surface area contributed by atoms with Crippen LogP contribution in [0.1, 0.15) is 38.2 Å². The van der Waals surface area contributed by atoms with Crippen molar-refractivity contribution in [1.29, 1.82) is 5.26 Å². The molecule has 6 heteroatoms. The van der Waals surface area contributed by atoms with Crippen molar-refractivity contribution >= 4 is 10.0 Å². The van der Waals surface area contributed by atoms with E-state index in [4.69, 9.17) is 4.74 Å². The van der Waals surface area contributed by atoms with Crippen LogP contribution in [0.25, 0.3) is 0 Å². The summed E-state index contributed by atoms with van der Waals surface area (Å²) in [4.78, 5) is 0.171. The Morgan fingerprint density at radius 1 is 1.29 bits per heavy atom. The number of nitrogens with zero attached hydrogens (tertiary/aromatic N) is 2. The van der Waals surface area contributed by atoms with Crippen molar-refractivity contribution in [2.45, 2.75) is 37.5 Å². The summed E-state index contributed by atoms with van der Waals surface area (Å²) in [6.45, 7) is 3.59. The Balaban J connectivity index is 2.29. The van der Waals surface area contributed by atoms with E-state index < -0.39 is 10.0 Å². The smallest absolute Gasteiger partial charge is 0.243 e. The monoisotopic (exact) mass is 308 g/mol. The highest BCUT2D eigenvalue weighted by atomic mass is 32.2. The average Bonchev–Trinajstić information content (AvgIpc) is 2.53. The molecule has 0 aliphatic carbocycles.